The number of nitrogens with zero attached hydrogens (tertiary/aromatic N) is 3. The van der Waals surface area contributed by atoms with E-state index in [-0.39, 0.29) is 23.5 Å². The molecule has 281 valence electrons. The molecule has 4 rings (SSSR count). The maximum atomic E-state index is 9.24. The number of terminal acetylenes is 1. The maximum Gasteiger partial charge on any atom is 0.190 e. The highest BCUT2D eigenvalue weighted by Gasteiger charge is 2.27. The fraction of sp³-hybridized carbons (Fsp3) is 0.354. The number of nitrogens with one attached hydrogen (secondary N) is 1. The van der Waals surface area contributed by atoms with Crippen LogP contribution in [0.2, 0.25) is 0 Å². The second-order valence-electron chi connectivity index (χ2n) is 14.9. The van der Waals surface area contributed by atoms with Gasteiger partial charge in [0.25, 0.3) is 0 Å². The van der Waals surface area contributed by atoms with Crippen LogP contribution in [0.5, 0.6) is 0 Å². The van der Waals surface area contributed by atoms with Crippen molar-refractivity contribution >= 4 is 11.3 Å². The average Bonchev–Trinajstić information content (AvgIpc) is 4.00. The predicted molar refractivity (Wildman–Crippen MR) is 225 cm³/mol. The van der Waals surface area contributed by atoms with Crippen LogP contribution in [0.15, 0.2) is 131 Å². The monoisotopic (exact) mass is 721 g/mol. The van der Waals surface area contributed by atoms with Crippen molar-refractivity contribution in [3.63, 3.8) is 0 Å². The molecular formula is C48H57N4O2. The minimum absolute atomic E-state index is 0.163. The molecule has 1 heterocycles. The molecule has 1 fully saturated rings. The number of allylic oxidation sites excluding steroid dienone is 9. The first-order valence-electron chi connectivity index (χ1n) is 18.9. The molecule has 6 nitrogen and oxygen atoms in total. The molecule has 54 heavy (non-hydrogen) atoms. The van der Waals surface area contributed by atoms with Crippen LogP contribution in [0, 0.1) is 36.0 Å². The zero-order valence-corrected chi connectivity index (χ0v) is 33.4. The Kier molecular flexibility index (Phi) is 15.0. The van der Waals surface area contributed by atoms with Crippen molar-refractivity contribution < 1.29 is 9.47 Å². The summed E-state index contributed by atoms with van der Waals surface area (Å²) in [5.74, 6) is 5.05. The van der Waals surface area contributed by atoms with E-state index in [1.54, 1.807) is 12.3 Å². The van der Waals surface area contributed by atoms with E-state index < -0.39 is 0 Å². The summed E-state index contributed by atoms with van der Waals surface area (Å²) in [6.07, 6.45) is 25.5. The van der Waals surface area contributed by atoms with Crippen molar-refractivity contribution in [1.29, 1.82) is 5.26 Å². The number of aliphatic imine (C=N–C) groups is 1. The van der Waals surface area contributed by atoms with Crippen LogP contribution in [-0.4, -0.2) is 42.5 Å². The standard InChI is InChI=1S/C48H57N4O2/c1-11-44(51-33-36(5)42-18-14-16-40(30-42)32-49)37(6)45(50-10)24-23-38-15-13-17-41(29-38)34(3)19-20-35(4)46(12-2)53-43-25-27-52(28-26-43)47(31-39-21-22-39)54-48(7,8)9/h1,12-22,24,29-31,33-35,43,50H,6,23,25-28H2,2-5,7-10H3/b20-19?,36-33+,45-24+,46-12+,47-31-,51-44?. The Morgan fingerprint density at radius 1 is 1.13 bits per heavy atom. The van der Waals surface area contributed by atoms with Gasteiger partial charge in [-0.05, 0) is 98.9 Å². The first-order valence-corrected chi connectivity index (χ1v) is 18.9. The van der Waals surface area contributed by atoms with E-state index in [1.165, 1.54) is 16.7 Å². The summed E-state index contributed by atoms with van der Waals surface area (Å²) in [6, 6.07) is 18.3. The SMILES string of the molecule is C#CC(=N/C=C(\C)c1cccc(C#N)c1)C(=C)/C(=C\Cc1cccc(C(C)C=CC(C)/C(=C\C)OC2CCN(/C(=C/C3=C[CH]3)OC(C)(C)C)CC2)c1)NC. The van der Waals surface area contributed by atoms with E-state index in [2.05, 4.69) is 142 Å². The molecule has 2 aromatic carbocycles. The number of piperidine rings is 1. The van der Waals surface area contributed by atoms with Crippen molar-refractivity contribution in [2.45, 2.75) is 85.4 Å². The van der Waals surface area contributed by atoms with Crippen LogP contribution < -0.4 is 5.32 Å². The number of likely N-dealkylation sites (tertiary alicyclic amines) is 1. The Morgan fingerprint density at radius 3 is 2.48 bits per heavy atom. The van der Waals surface area contributed by atoms with Gasteiger partial charge in [0.1, 0.15) is 17.4 Å². The highest BCUT2D eigenvalue weighted by molar-refractivity contribution is 6.15. The Labute approximate surface area is 325 Å². The van der Waals surface area contributed by atoms with Crippen LogP contribution in [0.25, 0.3) is 5.57 Å². The molecule has 0 amide bonds. The molecule has 1 saturated heterocycles. The van der Waals surface area contributed by atoms with E-state index in [0.717, 1.165) is 54.4 Å². The van der Waals surface area contributed by atoms with Gasteiger partial charge >= 0.3 is 0 Å². The summed E-state index contributed by atoms with van der Waals surface area (Å²) < 4.78 is 12.9. The molecule has 1 N–H and O–H groups in total. The van der Waals surface area contributed by atoms with Crippen LogP contribution >= 0.6 is 0 Å². The zero-order valence-electron chi connectivity index (χ0n) is 33.4. The molecule has 2 aromatic rings. The van der Waals surface area contributed by atoms with Gasteiger partial charge < -0.3 is 19.7 Å². The van der Waals surface area contributed by atoms with E-state index in [0.29, 0.717) is 23.3 Å². The van der Waals surface area contributed by atoms with Gasteiger partial charge in [-0.15, -0.1) is 6.42 Å². The van der Waals surface area contributed by atoms with Gasteiger partial charge in [0, 0.05) is 68.9 Å². The Morgan fingerprint density at radius 2 is 1.85 bits per heavy atom. The molecule has 0 spiro atoms. The van der Waals surface area contributed by atoms with Crippen LogP contribution in [-0.2, 0) is 15.9 Å². The van der Waals surface area contributed by atoms with Gasteiger partial charge in [0.15, 0.2) is 5.88 Å². The lowest BCUT2D eigenvalue weighted by molar-refractivity contribution is -0.0213. The smallest absolute Gasteiger partial charge is 0.190 e. The third kappa shape index (κ3) is 12.6. The van der Waals surface area contributed by atoms with Gasteiger partial charge in [0.2, 0.25) is 0 Å². The molecular weight excluding hydrogens is 665 g/mol. The predicted octanol–water partition coefficient (Wildman–Crippen LogP) is 10.4. The molecule has 2 atom stereocenters. The maximum absolute atomic E-state index is 9.24. The van der Waals surface area contributed by atoms with E-state index in [9.17, 15) is 5.26 Å². The molecule has 1 aliphatic heterocycles. The number of likely N-dealkylation sites (N-methyl/N-ethyl adjacent to an activating group) is 1. The fourth-order valence-electron chi connectivity index (χ4n) is 6.15. The van der Waals surface area contributed by atoms with Gasteiger partial charge in [-0.1, -0.05) is 81.1 Å². The number of hydrogen-bond acceptors (Lipinski definition) is 6. The summed E-state index contributed by atoms with van der Waals surface area (Å²) >= 11 is 0. The molecule has 2 aliphatic rings. The topological polar surface area (TPSA) is 69.9 Å². The van der Waals surface area contributed by atoms with Gasteiger partial charge in [0.05, 0.1) is 17.4 Å². The van der Waals surface area contributed by atoms with Crippen molar-refractivity contribution in [3.8, 4) is 18.4 Å². The quantitative estimate of drug-likeness (QED) is 0.0614. The second kappa shape index (κ2) is 19.6. The van der Waals surface area contributed by atoms with Crippen LogP contribution in [0.3, 0.4) is 0 Å². The largest absolute Gasteiger partial charge is 0.494 e. The average molecular weight is 722 g/mol. The minimum Gasteiger partial charge on any atom is -0.494 e. The lowest BCUT2D eigenvalue weighted by atomic mass is 9.95. The van der Waals surface area contributed by atoms with E-state index in [1.807, 2.05) is 32.2 Å². The Hall–Kier alpha value is -5.46. The number of ether oxygens (including phenoxy) is 2. The normalized spacial score (nSPS) is 17.3. The summed E-state index contributed by atoms with van der Waals surface area (Å²) in [5, 5.41) is 12.5. The van der Waals surface area contributed by atoms with Crippen molar-refractivity contribution in [3.05, 3.63) is 155 Å². The van der Waals surface area contributed by atoms with Crippen molar-refractivity contribution in [2.75, 3.05) is 20.1 Å². The molecule has 0 bridgehead atoms. The molecule has 1 aliphatic carbocycles. The third-order valence-corrected chi connectivity index (χ3v) is 9.41. The van der Waals surface area contributed by atoms with Crippen molar-refractivity contribution in [1.82, 2.24) is 10.2 Å². The summed E-state index contributed by atoms with van der Waals surface area (Å²) in [7, 11) is 1.86. The molecule has 2 unspecified atom stereocenters. The summed E-state index contributed by atoms with van der Waals surface area (Å²) in [4.78, 5) is 6.92. The zero-order chi connectivity index (χ0) is 39.3. The lowest BCUT2D eigenvalue weighted by Crippen LogP contribution is -2.39. The summed E-state index contributed by atoms with van der Waals surface area (Å²) in [6.45, 7) is 20.8. The van der Waals surface area contributed by atoms with Crippen LogP contribution in [0.4, 0.5) is 0 Å². The Bertz CT molecular complexity index is 1940. The second-order valence-corrected chi connectivity index (χ2v) is 14.9. The minimum atomic E-state index is -0.244. The van der Waals surface area contributed by atoms with Gasteiger partial charge in [-0.25, -0.2) is 4.99 Å². The highest BCUT2D eigenvalue weighted by Crippen LogP contribution is 2.29. The summed E-state index contributed by atoms with van der Waals surface area (Å²) in [5.41, 5.74) is 7.75. The highest BCUT2D eigenvalue weighted by atomic mass is 16.5. The van der Waals surface area contributed by atoms with E-state index in [4.69, 9.17) is 15.9 Å². The van der Waals surface area contributed by atoms with Gasteiger partial charge in [-0.3, -0.25) is 0 Å². The van der Waals surface area contributed by atoms with Crippen LogP contribution in [0.1, 0.15) is 89.5 Å². The number of nitriles is 1. The molecule has 0 aromatic heterocycles. The fourth-order valence-corrected chi connectivity index (χ4v) is 6.15. The lowest BCUT2D eigenvalue weighted by Gasteiger charge is -2.37. The molecule has 0 saturated carbocycles. The number of rotatable bonds is 16. The number of benzene rings is 2. The van der Waals surface area contributed by atoms with E-state index >= 15 is 0 Å². The first-order chi connectivity index (χ1) is 25.8. The number of hydrogen-bond donors (Lipinski definition) is 1. The first kappa shape index (κ1) is 41.3. The third-order valence-electron chi connectivity index (χ3n) is 9.41. The molecule has 1 radical (unpaired) electrons. The molecule has 6 heteroatoms. The van der Waals surface area contributed by atoms with Gasteiger partial charge in [-0.2, -0.15) is 5.26 Å². The van der Waals surface area contributed by atoms with Crippen molar-refractivity contribution in [2.24, 2.45) is 10.9 Å². The Balaban J connectivity index is 1.34.